The Morgan fingerprint density at radius 2 is 2.17 bits per heavy atom. The molecule has 2 rings (SSSR count). The second kappa shape index (κ2) is 5.34. The largest absolute Gasteiger partial charge is 0.338 e. The SMILES string of the molecule is N#Cc1ccnc(Nc2cc(F)ccc2Br)c1Cl. The molecule has 0 saturated carbocycles. The highest BCUT2D eigenvalue weighted by Gasteiger charge is 2.09. The van der Waals surface area contributed by atoms with Crippen molar-refractivity contribution in [2.24, 2.45) is 0 Å². The van der Waals surface area contributed by atoms with E-state index >= 15 is 0 Å². The van der Waals surface area contributed by atoms with Gasteiger partial charge in [0.05, 0.1) is 11.3 Å². The highest BCUT2D eigenvalue weighted by Crippen LogP contribution is 2.30. The first-order chi connectivity index (χ1) is 8.61. The maximum absolute atomic E-state index is 13.1. The summed E-state index contributed by atoms with van der Waals surface area (Å²) < 4.78 is 13.8. The first-order valence-corrected chi connectivity index (χ1v) is 6.05. The predicted octanol–water partition coefficient (Wildman–Crippen LogP) is 4.25. The third kappa shape index (κ3) is 2.61. The van der Waals surface area contributed by atoms with Crippen LogP contribution in [0.5, 0.6) is 0 Å². The molecule has 2 aromatic rings. The Labute approximate surface area is 116 Å². The molecule has 0 saturated heterocycles. The molecule has 0 radical (unpaired) electrons. The number of pyridine rings is 1. The Morgan fingerprint density at radius 3 is 2.89 bits per heavy atom. The molecule has 0 atom stereocenters. The molecule has 0 spiro atoms. The molecule has 90 valence electrons. The first kappa shape index (κ1) is 12.8. The zero-order chi connectivity index (χ0) is 13.1. The smallest absolute Gasteiger partial charge is 0.150 e. The van der Waals surface area contributed by atoms with E-state index in [0.29, 0.717) is 21.5 Å². The molecule has 0 amide bonds. The summed E-state index contributed by atoms with van der Waals surface area (Å²) in [5.41, 5.74) is 0.793. The van der Waals surface area contributed by atoms with Gasteiger partial charge in [-0.25, -0.2) is 9.37 Å². The van der Waals surface area contributed by atoms with Crippen molar-refractivity contribution >= 4 is 39.0 Å². The third-order valence-corrected chi connectivity index (χ3v) is 3.27. The summed E-state index contributed by atoms with van der Waals surface area (Å²) in [4.78, 5) is 4.02. The Hall–Kier alpha value is -1.64. The quantitative estimate of drug-likeness (QED) is 0.897. The fourth-order valence-electron chi connectivity index (χ4n) is 1.34. The molecule has 1 aromatic carbocycles. The monoisotopic (exact) mass is 325 g/mol. The standard InChI is InChI=1S/C12H6BrClFN3/c13-9-2-1-8(15)5-10(9)18-12-11(14)7(6-16)3-4-17-12/h1-5H,(H,17,18). The highest BCUT2D eigenvalue weighted by atomic mass is 79.9. The molecule has 0 aliphatic carbocycles. The van der Waals surface area contributed by atoms with Gasteiger partial charge < -0.3 is 5.32 Å². The van der Waals surface area contributed by atoms with E-state index in [0.717, 1.165) is 0 Å². The minimum absolute atomic E-state index is 0.205. The summed E-state index contributed by atoms with van der Waals surface area (Å²) in [6, 6.07) is 7.66. The number of rotatable bonds is 2. The molecule has 1 aromatic heterocycles. The van der Waals surface area contributed by atoms with E-state index < -0.39 is 0 Å². The van der Waals surface area contributed by atoms with E-state index in [9.17, 15) is 4.39 Å². The normalized spacial score (nSPS) is 9.89. The fraction of sp³-hybridized carbons (Fsp3) is 0. The van der Waals surface area contributed by atoms with Gasteiger partial charge in [0.1, 0.15) is 16.9 Å². The van der Waals surface area contributed by atoms with Crippen molar-refractivity contribution in [2.45, 2.75) is 0 Å². The van der Waals surface area contributed by atoms with E-state index in [1.54, 1.807) is 6.07 Å². The maximum atomic E-state index is 13.1. The molecule has 1 heterocycles. The lowest BCUT2D eigenvalue weighted by Gasteiger charge is -2.09. The topological polar surface area (TPSA) is 48.7 Å². The molecular weight excluding hydrogens is 321 g/mol. The van der Waals surface area contributed by atoms with Crippen LogP contribution in [0.15, 0.2) is 34.9 Å². The van der Waals surface area contributed by atoms with E-state index in [-0.39, 0.29) is 10.8 Å². The minimum Gasteiger partial charge on any atom is -0.338 e. The van der Waals surface area contributed by atoms with Gasteiger partial charge in [-0.05, 0) is 40.2 Å². The van der Waals surface area contributed by atoms with E-state index in [1.165, 1.54) is 24.4 Å². The molecule has 1 N–H and O–H groups in total. The van der Waals surface area contributed by atoms with Crippen molar-refractivity contribution in [3.63, 3.8) is 0 Å². The molecule has 6 heteroatoms. The van der Waals surface area contributed by atoms with Crippen LogP contribution < -0.4 is 5.32 Å². The van der Waals surface area contributed by atoms with Gasteiger partial charge >= 0.3 is 0 Å². The van der Waals surface area contributed by atoms with Crippen molar-refractivity contribution in [1.29, 1.82) is 5.26 Å². The molecule has 0 aliphatic heterocycles. The van der Waals surface area contributed by atoms with Crippen molar-refractivity contribution in [1.82, 2.24) is 4.98 Å². The summed E-state index contributed by atoms with van der Waals surface area (Å²) in [5, 5.41) is 11.9. The van der Waals surface area contributed by atoms with Crippen molar-refractivity contribution in [3.05, 3.63) is 51.3 Å². The van der Waals surface area contributed by atoms with E-state index in [4.69, 9.17) is 16.9 Å². The zero-order valence-electron chi connectivity index (χ0n) is 8.92. The van der Waals surface area contributed by atoms with Gasteiger partial charge in [-0.2, -0.15) is 5.26 Å². The van der Waals surface area contributed by atoms with Gasteiger partial charge in [-0.3, -0.25) is 0 Å². The van der Waals surface area contributed by atoms with Crippen LogP contribution in [0.1, 0.15) is 5.56 Å². The Kier molecular flexibility index (Phi) is 3.80. The minimum atomic E-state index is -0.381. The van der Waals surface area contributed by atoms with Crippen LogP contribution in [0, 0.1) is 17.1 Å². The average molecular weight is 327 g/mol. The lowest BCUT2D eigenvalue weighted by atomic mass is 10.2. The number of nitrogens with zero attached hydrogens (tertiary/aromatic N) is 2. The number of nitriles is 1. The molecular formula is C12H6BrClFN3. The number of hydrogen-bond donors (Lipinski definition) is 1. The van der Waals surface area contributed by atoms with E-state index in [1.807, 2.05) is 6.07 Å². The molecule has 3 nitrogen and oxygen atoms in total. The lowest BCUT2D eigenvalue weighted by molar-refractivity contribution is 0.628. The zero-order valence-corrected chi connectivity index (χ0v) is 11.3. The fourth-order valence-corrected chi connectivity index (χ4v) is 1.89. The van der Waals surface area contributed by atoms with Gasteiger partial charge in [0.25, 0.3) is 0 Å². The van der Waals surface area contributed by atoms with Gasteiger partial charge in [-0.1, -0.05) is 11.6 Å². The van der Waals surface area contributed by atoms with E-state index in [2.05, 4.69) is 26.2 Å². The van der Waals surface area contributed by atoms with Crippen molar-refractivity contribution in [2.75, 3.05) is 5.32 Å². The predicted molar refractivity (Wildman–Crippen MR) is 71.3 cm³/mol. The van der Waals surface area contributed by atoms with Crippen LogP contribution in [-0.4, -0.2) is 4.98 Å². The number of aromatic nitrogens is 1. The van der Waals surface area contributed by atoms with Gasteiger partial charge in [0, 0.05) is 10.7 Å². The first-order valence-electron chi connectivity index (χ1n) is 4.88. The summed E-state index contributed by atoms with van der Waals surface area (Å²) >= 11 is 9.28. The molecule has 18 heavy (non-hydrogen) atoms. The summed E-state index contributed by atoms with van der Waals surface area (Å²) in [5.74, 6) is -0.0738. The third-order valence-electron chi connectivity index (χ3n) is 2.19. The highest BCUT2D eigenvalue weighted by molar-refractivity contribution is 9.10. The second-order valence-electron chi connectivity index (χ2n) is 3.38. The van der Waals surface area contributed by atoms with Crippen LogP contribution in [0.25, 0.3) is 0 Å². The average Bonchev–Trinajstić information content (AvgIpc) is 2.36. The number of anilines is 2. The Bertz CT molecular complexity index is 640. The summed E-state index contributed by atoms with van der Waals surface area (Å²) in [6.07, 6.45) is 1.46. The maximum Gasteiger partial charge on any atom is 0.150 e. The van der Waals surface area contributed by atoms with Crippen LogP contribution in [0.2, 0.25) is 5.02 Å². The number of benzene rings is 1. The van der Waals surface area contributed by atoms with Crippen LogP contribution in [0.3, 0.4) is 0 Å². The molecule has 0 fully saturated rings. The summed E-state index contributed by atoms with van der Waals surface area (Å²) in [7, 11) is 0. The molecule has 0 aliphatic rings. The molecule has 0 bridgehead atoms. The van der Waals surface area contributed by atoms with Crippen LogP contribution in [0.4, 0.5) is 15.9 Å². The van der Waals surface area contributed by atoms with Crippen LogP contribution in [-0.2, 0) is 0 Å². The number of hydrogen-bond acceptors (Lipinski definition) is 3. The summed E-state index contributed by atoms with van der Waals surface area (Å²) in [6.45, 7) is 0. The van der Waals surface area contributed by atoms with Crippen molar-refractivity contribution < 1.29 is 4.39 Å². The second-order valence-corrected chi connectivity index (χ2v) is 4.61. The number of nitrogens with one attached hydrogen (secondary N) is 1. The van der Waals surface area contributed by atoms with Crippen LogP contribution >= 0.6 is 27.5 Å². The van der Waals surface area contributed by atoms with Gasteiger partial charge in [0.15, 0.2) is 5.82 Å². The van der Waals surface area contributed by atoms with Gasteiger partial charge in [-0.15, -0.1) is 0 Å². The van der Waals surface area contributed by atoms with Crippen molar-refractivity contribution in [3.8, 4) is 6.07 Å². The molecule has 0 unspecified atom stereocenters. The Balaban J connectivity index is 2.41. The Morgan fingerprint density at radius 1 is 1.39 bits per heavy atom. The van der Waals surface area contributed by atoms with Gasteiger partial charge in [0.2, 0.25) is 0 Å². The lowest BCUT2D eigenvalue weighted by Crippen LogP contribution is -1.97. The number of halogens is 3.